The number of methoxy groups -OCH3 is 2. The Hall–Kier alpha value is -3.02. The highest BCUT2D eigenvalue weighted by Gasteiger charge is 2.34. The molecule has 32 heavy (non-hydrogen) atoms. The average molecular weight is 512 g/mol. The molecule has 0 N–H and O–H groups in total. The molecule has 2 aromatic carbocycles. The van der Waals surface area contributed by atoms with Crippen LogP contribution in [0, 0.1) is 12.3 Å². The van der Waals surface area contributed by atoms with E-state index in [9.17, 15) is 4.79 Å². The first-order valence-electron chi connectivity index (χ1n) is 10.0. The summed E-state index contributed by atoms with van der Waals surface area (Å²) in [4.78, 5) is 22.0. The minimum Gasteiger partial charge on any atom is -0.497 e. The fraction of sp³-hybridized carbons (Fsp3) is 0.250. The number of anilines is 2. The first-order valence-corrected chi connectivity index (χ1v) is 11.7. The van der Waals surface area contributed by atoms with Gasteiger partial charge in [0, 0.05) is 46.8 Å². The lowest BCUT2D eigenvalue weighted by molar-refractivity contribution is 0.0974. The van der Waals surface area contributed by atoms with Crippen molar-refractivity contribution in [3.05, 3.63) is 63.0 Å². The van der Waals surface area contributed by atoms with Gasteiger partial charge in [-0.2, -0.15) is 0 Å². The predicted molar refractivity (Wildman–Crippen MR) is 131 cm³/mol. The summed E-state index contributed by atoms with van der Waals surface area (Å²) in [7, 11) is 3.18. The van der Waals surface area contributed by atoms with Gasteiger partial charge >= 0.3 is 0 Å². The van der Waals surface area contributed by atoms with Gasteiger partial charge in [0.1, 0.15) is 17.2 Å². The molecule has 1 aliphatic heterocycles. The van der Waals surface area contributed by atoms with Gasteiger partial charge in [0.2, 0.25) is 0 Å². The molecule has 0 saturated carbocycles. The molecule has 1 fully saturated rings. The normalized spacial score (nSPS) is 15.3. The number of thiazole rings is 1. The second-order valence-corrected chi connectivity index (χ2v) is 9.07. The van der Waals surface area contributed by atoms with E-state index in [2.05, 4.69) is 43.9 Å². The molecular weight excluding hydrogens is 490 g/mol. The van der Waals surface area contributed by atoms with Gasteiger partial charge in [0.15, 0.2) is 5.01 Å². The molecule has 3 aromatic rings. The molecule has 1 amide bonds. The molecule has 2 heterocycles. The van der Waals surface area contributed by atoms with Crippen LogP contribution in [0.15, 0.2) is 52.3 Å². The van der Waals surface area contributed by atoms with E-state index in [-0.39, 0.29) is 11.9 Å². The van der Waals surface area contributed by atoms with Crippen LogP contribution < -0.4 is 19.3 Å². The number of hydrogen-bond acceptors (Lipinski definition) is 6. The maximum atomic E-state index is 13.6. The van der Waals surface area contributed by atoms with Gasteiger partial charge in [-0.3, -0.25) is 4.79 Å². The van der Waals surface area contributed by atoms with Crippen LogP contribution in [0.3, 0.4) is 0 Å². The molecule has 1 saturated heterocycles. The zero-order chi connectivity index (χ0) is 22.7. The number of halogens is 1. The largest absolute Gasteiger partial charge is 0.497 e. The van der Waals surface area contributed by atoms with E-state index in [0.717, 1.165) is 23.1 Å². The molecular formula is C24H22BrN3O3S. The molecule has 0 aliphatic carbocycles. The minimum atomic E-state index is -0.194. The molecule has 4 rings (SSSR count). The van der Waals surface area contributed by atoms with Crippen molar-refractivity contribution in [2.24, 2.45) is 0 Å². The maximum Gasteiger partial charge on any atom is 0.278 e. The van der Waals surface area contributed by atoms with E-state index in [4.69, 9.17) is 15.9 Å². The number of carbonyl (C=O) groups is 1. The Morgan fingerprint density at radius 3 is 2.50 bits per heavy atom. The SMILES string of the molecule is C#Cc1nc(C(=O)N(c2cc(OC)cc(OC)c2)[C@@H]2CCN(c3ccc(Br)cc3)C2)cs1. The molecule has 6 nitrogen and oxygen atoms in total. The molecule has 1 atom stereocenters. The van der Waals surface area contributed by atoms with E-state index < -0.39 is 0 Å². The number of ether oxygens (including phenoxy) is 2. The van der Waals surface area contributed by atoms with Gasteiger partial charge in [-0.25, -0.2) is 4.98 Å². The van der Waals surface area contributed by atoms with Crippen LogP contribution in [0.4, 0.5) is 11.4 Å². The molecule has 1 aromatic heterocycles. The van der Waals surface area contributed by atoms with Crippen LogP contribution in [0.1, 0.15) is 21.9 Å². The lowest BCUT2D eigenvalue weighted by atomic mass is 10.1. The Kier molecular flexibility index (Phi) is 6.68. The monoisotopic (exact) mass is 511 g/mol. The van der Waals surface area contributed by atoms with Crippen LogP contribution in [-0.2, 0) is 0 Å². The molecule has 0 spiro atoms. The zero-order valence-electron chi connectivity index (χ0n) is 17.7. The van der Waals surface area contributed by atoms with Crippen LogP contribution in [0.2, 0.25) is 0 Å². The first-order chi connectivity index (χ1) is 15.5. The summed E-state index contributed by atoms with van der Waals surface area (Å²) in [6.45, 7) is 1.53. The van der Waals surface area contributed by atoms with E-state index >= 15 is 0 Å². The molecule has 8 heteroatoms. The summed E-state index contributed by atoms with van der Waals surface area (Å²) in [6, 6.07) is 13.6. The number of aromatic nitrogens is 1. The summed E-state index contributed by atoms with van der Waals surface area (Å²) < 4.78 is 11.9. The predicted octanol–water partition coefficient (Wildman–Crippen LogP) is 4.83. The van der Waals surface area contributed by atoms with Crippen molar-refractivity contribution >= 4 is 44.5 Å². The van der Waals surface area contributed by atoms with E-state index in [1.807, 2.05) is 24.3 Å². The van der Waals surface area contributed by atoms with Gasteiger partial charge in [-0.15, -0.1) is 17.8 Å². The Morgan fingerprint density at radius 1 is 1.22 bits per heavy atom. The van der Waals surface area contributed by atoms with Crippen molar-refractivity contribution < 1.29 is 14.3 Å². The highest BCUT2D eigenvalue weighted by atomic mass is 79.9. The Morgan fingerprint density at radius 2 is 1.91 bits per heavy atom. The van der Waals surface area contributed by atoms with E-state index in [1.54, 1.807) is 30.6 Å². The highest BCUT2D eigenvalue weighted by Crippen LogP contribution is 2.34. The number of hydrogen-bond donors (Lipinski definition) is 0. The van der Waals surface area contributed by atoms with Crippen molar-refractivity contribution in [2.75, 3.05) is 37.1 Å². The van der Waals surface area contributed by atoms with Crippen LogP contribution >= 0.6 is 27.3 Å². The quantitative estimate of drug-likeness (QED) is 0.443. The lowest BCUT2D eigenvalue weighted by Gasteiger charge is -2.29. The van der Waals surface area contributed by atoms with Gasteiger partial charge in [0.05, 0.1) is 25.9 Å². The second kappa shape index (κ2) is 9.63. The Bertz CT molecular complexity index is 1130. The second-order valence-electron chi connectivity index (χ2n) is 7.29. The molecule has 0 unspecified atom stereocenters. The fourth-order valence-corrected chi connectivity index (χ4v) is 4.69. The number of amides is 1. The average Bonchev–Trinajstić information content (AvgIpc) is 3.49. The fourth-order valence-electron chi connectivity index (χ4n) is 3.83. The smallest absolute Gasteiger partial charge is 0.278 e. The van der Waals surface area contributed by atoms with Crippen molar-refractivity contribution in [2.45, 2.75) is 12.5 Å². The third-order valence-corrected chi connectivity index (χ3v) is 6.70. The van der Waals surface area contributed by atoms with Crippen LogP contribution in [0.25, 0.3) is 0 Å². The third-order valence-electron chi connectivity index (χ3n) is 5.40. The Balaban J connectivity index is 1.70. The van der Waals surface area contributed by atoms with Crippen molar-refractivity contribution in [3.8, 4) is 23.8 Å². The van der Waals surface area contributed by atoms with Gasteiger partial charge in [-0.1, -0.05) is 15.9 Å². The van der Waals surface area contributed by atoms with Crippen molar-refractivity contribution in [3.63, 3.8) is 0 Å². The standard InChI is InChI=1S/C24H22BrN3O3S/c1-4-23-26-22(15-32-23)24(29)28(19-11-20(30-2)13-21(12-19)31-3)18-9-10-27(14-18)17-7-5-16(25)6-8-17/h1,5-8,11-13,15,18H,9-10,14H2,2-3H3/t18-/m1/s1. The number of nitrogens with zero attached hydrogens (tertiary/aromatic N) is 3. The molecule has 0 bridgehead atoms. The first kappa shape index (κ1) is 22.2. The number of carbonyl (C=O) groups excluding carboxylic acids is 1. The summed E-state index contributed by atoms with van der Waals surface area (Å²) in [5, 5.41) is 2.20. The number of benzene rings is 2. The van der Waals surface area contributed by atoms with Crippen LogP contribution in [-0.4, -0.2) is 44.2 Å². The number of terminal acetylenes is 1. The summed E-state index contributed by atoms with van der Waals surface area (Å²) >= 11 is 4.77. The molecule has 164 valence electrons. The minimum absolute atomic E-state index is 0.0565. The summed E-state index contributed by atoms with van der Waals surface area (Å²) in [5.74, 6) is 3.54. The topological polar surface area (TPSA) is 54.9 Å². The van der Waals surface area contributed by atoms with E-state index in [0.29, 0.717) is 34.4 Å². The Labute approximate surface area is 199 Å². The maximum absolute atomic E-state index is 13.6. The van der Waals surface area contributed by atoms with E-state index in [1.165, 1.54) is 11.3 Å². The van der Waals surface area contributed by atoms with Crippen molar-refractivity contribution in [1.82, 2.24) is 4.98 Å². The van der Waals surface area contributed by atoms with Gasteiger partial charge in [0.25, 0.3) is 5.91 Å². The number of rotatable bonds is 6. The summed E-state index contributed by atoms with van der Waals surface area (Å²) in [5.41, 5.74) is 2.16. The molecule has 1 aliphatic rings. The zero-order valence-corrected chi connectivity index (χ0v) is 20.1. The lowest BCUT2D eigenvalue weighted by Crippen LogP contribution is -2.42. The summed E-state index contributed by atoms with van der Waals surface area (Å²) in [6.07, 6.45) is 6.28. The van der Waals surface area contributed by atoms with Crippen LogP contribution in [0.5, 0.6) is 11.5 Å². The van der Waals surface area contributed by atoms with Gasteiger partial charge < -0.3 is 19.3 Å². The van der Waals surface area contributed by atoms with Gasteiger partial charge in [-0.05, 0) is 36.6 Å². The third kappa shape index (κ3) is 4.59. The van der Waals surface area contributed by atoms with Crippen molar-refractivity contribution in [1.29, 1.82) is 0 Å². The molecule has 0 radical (unpaired) electrons. The highest BCUT2D eigenvalue weighted by molar-refractivity contribution is 9.10.